The van der Waals surface area contributed by atoms with Gasteiger partial charge in [0.05, 0.1) is 6.54 Å². The Bertz CT molecular complexity index is 791. The van der Waals surface area contributed by atoms with Gasteiger partial charge in [-0.1, -0.05) is 0 Å². The molecule has 2 heterocycles. The van der Waals surface area contributed by atoms with Crippen LogP contribution in [0.15, 0.2) is 25.9 Å². The molecule has 0 aromatic carbocycles. The summed E-state index contributed by atoms with van der Waals surface area (Å²) in [5, 5.41) is 10.6. The number of hydrogen-bond acceptors (Lipinski definition) is 5. The quantitative estimate of drug-likeness (QED) is 0.720. The summed E-state index contributed by atoms with van der Waals surface area (Å²) in [6, 6.07) is 1.33. The zero-order chi connectivity index (χ0) is 17.0. The molecule has 0 atom stereocenters. The van der Waals surface area contributed by atoms with Crippen LogP contribution in [-0.4, -0.2) is 20.7 Å². The van der Waals surface area contributed by atoms with E-state index in [0.717, 1.165) is 4.57 Å². The summed E-state index contributed by atoms with van der Waals surface area (Å²) in [7, 11) is 2.96. The first-order valence-corrected chi connectivity index (χ1v) is 7.29. The first-order chi connectivity index (χ1) is 10.9. The molecule has 0 unspecified atom stereocenters. The third-order valence-corrected chi connectivity index (χ3v) is 3.90. The van der Waals surface area contributed by atoms with E-state index < -0.39 is 16.9 Å². The summed E-state index contributed by atoms with van der Waals surface area (Å²) >= 11 is 0. The molecule has 122 valence electrons. The van der Waals surface area contributed by atoms with Gasteiger partial charge in [0.15, 0.2) is 5.66 Å². The topological polar surface area (TPSA) is 97.8 Å². The number of hydrogen-bond donors (Lipinski definition) is 1. The molecule has 0 radical (unpaired) electrons. The number of nitrogens with zero attached hydrogens (tertiary/aromatic N) is 4. The first kappa shape index (κ1) is 16.7. The van der Waals surface area contributed by atoms with Crippen LogP contribution < -0.4 is 16.6 Å². The molecule has 0 spiro atoms. The Labute approximate surface area is 133 Å². The fraction of sp³-hybridized carbons (Fsp3) is 0.533. The molecule has 8 nitrogen and oxygen atoms in total. The summed E-state index contributed by atoms with van der Waals surface area (Å²) in [6.45, 7) is 0.117. The average Bonchev–Trinajstić information content (AvgIpc) is 3.31. The minimum Gasteiger partial charge on any atom is -0.351 e. The summed E-state index contributed by atoms with van der Waals surface area (Å²) in [5.74, 6) is 2.35. The molecule has 1 aromatic rings. The summed E-state index contributed by atoms with van der Waals surface area (Å²) in [4.78, 5) is 35.3. The highest BCUT2D eigenvalue weighted by molar-refractivity contribution is 5.75. The van der Waals surface area contributed by atoms with Crippen molar-refractivity contribution in [2.45, 2.75) is 37.9 Å². The Hall–Kier alpha value is -2.69. The summed E-state index contributed by atoms with van der Waals surface area (Å²) < 4.78 is 2.35. The number of amides is 1. The minimum atomic E-state index is -0.487. The molecule has 0 fully saturated rings. The minimum absolute atomic E-state index is 0.117. The van der Waals surface area contributed by atoms with Crippen molar-refractivity contribution in [3.63, 3.8) is 0 Å². The lowest BCUT2D eigenvalue weighted by molar-refractivity contribution is -0.121. The van der Waals surface area contributed by atoms with Crippen molar-refractivity contribution >= 4 is 5.91 Å². The van der Waals surface area contributed by atoms with E-state index >= 15 is 0 Å². The second kappa shape index (κ2) is 6.60. The lowest BCUT2D eigenvalue weighted by atomic mass is 10.0. The Morgan fingerprint density at radius 3 is 2.61 bits per heavy atom. The smallest absolute Gasteiger partial charge is 0.330 e. The molecule has 0 aliphatic carbocycles. The highest BCUT2D eigenvalue weighted by atomic mass is 16.2. The second-order valence-corrected chi connectivity index (χ2v) is 5.54. The van der Waals surface area contributed by atoms with Crippen LogP contribution in [0.2, 0.25) is 0 Å². The van der Waals surface area contributed by atoms with Crippen molar-refractivity contribution in [2.75, 3.05) is 0 Å². The van der Waals surface area contributed by atoms with Crippen LogP contribution in [0.4, 0.5) is 0 Å². The largest absolute Gasteiger partial charge is 0.351 e. The van der Waals surface area contributed by atoms with Gasteiger partial charge in [0.2, 0.25) is 5.91 Å². The van der Waals surface area contributed by atoms with Gasteiger partial charge < -0.3 is 5.32 Å². The molecule has 0 saturated heterocycles. The summed E-state index contributed by atoms with van der Waals surface area (Å²) in [6.07, 6.45) is 7.21. The molecule has 0 saturated carbocycles. The van der Waals surface area contributed by atoms with Crippen molar-refractivity contribution in [3.8, 4) is 12.3 Å². The van der Waals surface area contributed by atoms with Crippen molar-refractivity contribution in [2.24, 2.45) is 24.3 Å². The van der Waals surface area contributed by atoms with E-state index in [1.807, 2.05) is 0 Å². The van der Waals surface area contributed by atoms with E-state index in [1.165, 1.54) is 17.7 Å². The zero-order valence-corrected chi connectivity index (χ0v) is 13.2. The van der Waals surface area contributed by atoms with Crippen LogP contribution >= 0.6 is 0 Å². The number of aromatic nitrogens is 2. The second-order valence-electron chi connectivity index (χ2n) is 5.54. The van der Waals surface area contributed by atoms with E-state index in [2.05, 4.69) is 21.5 Å². The van der Waals surface area contributed by atoms with Crippen molar-refractivity contribution < 1.29 is 4.79 Å². The van der Waals surface area contributed by atoms with E-state index in [9.17, 15) is 14.4 Å². The Kier molecular flexibility index (Phi) is 4.79. The molecule has 8 heteroatoms. The Balaban J connectivity index is 1.87. The molecule has 1 aliphatic rings. The third kappa shape index (κ3) is 3.94. The van der Waals surface area contributed by atoms with Gasteiger partial charge in [0.1, 0.15) is 0 Å². The Morgan fingerprint density at radius 1 is 1.30 bits per heavy atom. The van der Waals surface area contributed by atoms with Gasteiger partial charge in [-0.15, -0.1) is 12.3 Å². The number of rotatable bonds is 7. The predicted molar refractivity (Wildman–Crippen MR) is 83.7 cm³/mol. The molecular weight excluding hydrogens is 298 g/mol. The fourth-order valence-corrected chi connectivity index (χ4v) is 2.21. The molecule has 1 N–H and O–H groups in total. The number of terminal acetylenes is 1. The van der Waals surface area contributed by atoms with Gasteiger partial charge in [-0.05, 0) is 0 Å². The molecule has 2 rings (SSSR count). The van der Waals surface area contributed by atoms with Crippen LogP contribution in [-0.2, 0) is 25.4 Å². The molecular formula is C15H19N5O3. The molecule has 23 heavy (non-hydrogen) atoms. The van der Waals surface area contributed by atoms with Gasteiger partial charge in [0.25, 0.3) is 5.56 Å². The van der Waals surface area contributed by atoms with E-state index in [-0.39, 0.29) is 18.9 Å². The number of nitrogens with one attached hydrogen (secondary N) is 1. The van der Waals surface area contributed by atoms with Gasteiger partial charge in [-0.2, -0.15) is 10.2 Å². The monoisotopic (exact) mass is 317 g/mol. The maximum atomic E-state index is 11.9. The van der Waals surface area contributed by atoms with Crippen LogP contribution in [0.5, 0.6) is 0 Å². The highest BCUT2D eigenvalue weighted by Crippen LogP contribution is 2.37. The van der Waals surface area contributed by atoms with Gasteiger partial charge in [0, 0.05) is 51.5 Å². The molecule has 1 aromatic heterocycles. The fourth-order valence-electron chi connectivity index (χ4n) is 2.21. The highest BCUT2D eigenvalue weighted by Gasteiger charge is 2.39. The van der Waals surface area contributed by atoms with Gasteiger partial charge >= 0.3 is 5.69 Å². The van der Waals surface area contributed by atoms with Gasteiger partial charge in [-0.25, -0.2) is 4.79 Å². The van der Waals surface area contributed by atoms with Crippen molar-refractivity contribution in [3.05, 3.63) is 32.6 Å². The lowest BCUT2D eigenvalue weighted by Gasteiger charge is -2.11. The number of carbonyl (C=O) groups excluding carboxylic acids is 1. The van der Waals surface area contributed by atoms with E-state index in [0.29, 0.717) is 25.0 Å². The molecule has 1 amide bonds. The maximum absolute atomic E-state index is 11.9. The average molecular weight is 317 g/mol. The summed E-state index contributed by atoms with van der Waals surface area (Å²) in [5.41, 5.74) is -0.861. The maximum Gasteiger partial charge on any atom is 0.330 e. The third-order valence-electron chi connectivity index (χ3n) is 3.90. The van der Waals surface area contributed by atoms with Gasteiger partial charge in [-0.3, -0.25) is 18.7 Å². The van der Waals surface area contributed by atoms with E-state index in [1.54, 1.807) is 7.05 Å². The predicted octanol–water partition coefficient (Wildman–Crippen LogP) is 0.0559. The van der Waals surface area contributed by atoms with Crippen LogP contribution in [0, 0.1) is 12.3 Å². The van der Waals surface area contributed by atoms with Crippen LogP contribution in [0.3, 0.4) is 0 Å². The lowest BCUT2D eigenvalue weighted by Crippen LogP contribution is -2.39. The zero-order valence-electron chi connectivity index (χ0n) is 13.2. The van der Waals surface area contributed by atoms with Crippen LogP contribution in [0.25, 0.3) is 0 Å². The Morgan fingerprint density at radius 2 is 2.00 bits per heavy atom. The normalized spacial score (nSPS) is 14.3. The SMILES string of the molecule is C#CCCC1(CCC(=O)NCc2cc(=O)n(C)c(=O)n2C)N=N1. The standard InChI is InChI=1S/C15H19N5O3/c1-4-5-7-15(17-18-15)8-6-12(21)16-10-11-9-13(22)20(3)14(23)19(11)2/h1,9H,5-8,10H2,2-3H3,(H,16,21). The van der Waals surface area contributed by atoms with E-state index in [4.69, 9.17) is 6.42 Å². The molecule has 0 bridgehead atoms. The van der Waals surface area contributed by atoms with Crippen molar-refractivity contribution in [1.82, 2.24) is 14.5 Å². The molecule has 1 aliphatic heterocycles. The first-order valence-electron chi connectivity index (χ1n) is 7.29. The van der Waals surface area contributed by atoms with Crippen LogP contribution in [0.1, 0.15) is 31.4 Å². The number of carbonyl (C=O) groups is 1. The van der Waals surface area contributed by atoms with Crippen molar-refractivity contribution in [1.29, 1.82) is 0 Å².